The number of rotatable bonds is 10. The molecule has 0 saturated heterocycles. The van der Waals surface area contributed by atoms with Crippen LogP contribution in [0.1, 0.15) is 38.4 Å². The van der Waals surface area contributed by atoms with Gasteiger partial charge >= 0.3 is 29.6 Å². The number of halogens is 1. The molecule has 0 saturated carbocycles. The van der Waals surface area contributed by atoms with Crippen LogP contribution >= 0.6 is 0 Å². The molecule has 0 fully saturated rings. The van der Waals surface area contributed by atoms with E-state index in [4.69, 9.17) is 4.98 Å². The normalized spacial score (nSPS) is 13.5. The molecule has 37 heavy (non-hydrogen) atoms. The predicted octanol–water partition coefficient (Wildman–Crippen LogP) is -0.390. The number of benzene rings is 2. The quantitative estimate of drug-likeness (QED) is 0.336. The number of aliphatic hydroxyl groups excluding tert-OH is 2. The van der Waals surface area contributed by atoms with Gasteiger partial charge in [-0.1, -0.05) is 26.0 Å². The SMILES string of the molecule is CC(C)c1nc(-c2cccc(S(C)(=O)=O)c2)c(-c2ccc(F)cc2)n1/C=C/C(O)CC(O)CC(=O)[O-].[Na+]. The van der Waals surface area contributed by atoms with Crippen LogP contribution in [-0.4, -0.2) is 52.6 Å². The molecule has 0 aliphatic heterocycles. The monoisotopic (exact) mass is 538 g/mol. The van der Waals surface area contributed by atoms with Gasteiger partial charge in [0.1, 0.15) is 11.6 Å². The molecule has 0 amide bonds. The van der Waals surface area contributed by atoms with Crippen molar-refractivity contribution >= 4 is 22.0 Å². The van der Waals surface area contributed by atoms with Crippen LogP contribution in [0.25, 0.3) is 28.7 Å². The number of aromatic nitrogens is 2. The van der Waals surface area contributed by atoms with Gasteiger partial charge in [-0.2, -0.15) is 0 Å². The average Bonchev–Trinajstić information content (AvgIpc) is 3.17. The van der Waals surface area contributed by atoms with E-state index < -0.39 is 40.3 Å². The molecule has 2 aromatic carbocycles. The van der Waals surface area contributed by atoms with Gasteiger partial charge in [0, 0.05) is 48.3 Å². The van der Waals surface area contributed by atoms with Gasteiger partial charge in [-0.25, -0.2) is 17.8 Å². The third-order valence-electron chi connectivity index (χ3n) is 5.48. The van der Waals surface area contributed by atoms with E-state index >= 15 is 0 Å². The first-order chi connectivity index (χ1) is 16.9. The summed E-state index contributed by atoms with van der Waals surface area (Å²) >= 11 is 0. The minimum atomic E-state index is -3.48. The Morgan fingerprint density at radius 1 is 1.14 bits per heavy atom. The van der Waals surface area contributed by atoms with Crippen LogP contribution in [-0.2, 0) is 14.6 Å². The van der Waals surface area contributed by atoms with Crippen molar-refractivity contribution in [2.45, 2.75) is 49.7 Å². The van der Waals surface area contributed by atoms with E-state index in [1.165, 1.54) is 30.3 Å². The number of sulfone groups is 1. The molecule has 0 radical (unpaired) electrons. The first-order valence-corrected chi connectivity index (χ1v) is 13.2. The zero-order valence-electron chi connectivity index (χ0n) is 21.1. The van der Waals surface area contributed by atoms with Gasteiger partial charge < -0.3 is 24.7 Å². The molecule has 1 heterocycles. The van der Waals surface area contributed by atoms with E-state index in [0.717, 1.165) is 6.26 Å². The van der Waals surface area contributed by atoms with Gasteiger partial charge in [0.2, 0.25) is 0 Å². The molecule has 0 spiro atoms. The van der Waals surface area contributed by atoms with E-state index in [1.807, 2.05) is 13.8 Å². The summed E-state index contributed by atoms with van der Waals surface area (Å²) in [5.41, 5.74) is 2.15. The molecular weight excluding hydrogens is 510 g/mol. The van der Waals surface area contributed by atoms with Crippen LogP contribution in [0.4, 0.5) is 4.39 Å². The van der Waals surface area contributed by atoms with E-state index in [2.05, 4.69) is 0 Å². The summed E-state index contributed by atoms with van der Waals surface area (Å²) in [6.45, 7) is 3.83. The Morgan fingerprint density at radius 2 is 1.78 bits per heavy atom. The van der Waals surface area contributed by atoms with E-state index in [-0.39, 0.29) is 46.8 Å². The number of carbonyl (C=O) groups excluding carboxylic acids is 1. The first kappa shape index (κ1) is 30.9. The maximum Gasteiger partial charge on any atom is 1.00 e. The zero-order chi connectivity index (χ0) is 26.6. The largest absolute Gasteiger partial charge is 1.00 e. The van der Waals surface area contributed by atoms with Crippen molar-refractivity contribution in [1.29, 1.82) is 0 Å². The summed E-state index contributed by atoms with van der Waals surface area (Å²) in [4.78, 5) is 15.6. The second-order valence-electron chi connectivity index (χ2n) is 8.87. The molecular formula is C26H28FN2NaO6S. The fourth-order valence-electron chi connectivity index (χ4n) is 3.79. The molecule has 2 N–H and O–H groups in total. The van der Waals surface area contributed by atoms with Crippen molar-refractivity contribution in [3.8, 4) is 22.5 Å². The number of aliphatic carboxylic acids is 1. The van der Waals surface area contributed by atoms with E-state index in [9.17, 15) is 32.9 Å². The standard InChI is InChI=1S/C26H29FN2O6S.Na/c1-16(2)26-28-24(18-5-4-6-22(13-18)36(3,34)35)25(17-7-9-19(27)10-8-17)29(26)12-11-20(30)14-21(31)15-23(32)33;/h4-13,16,20-21,30-31H,14-15H2,1-3H3,(H,32,33);/q;+1/p-1/b12-11+;. The number of hydrogen-bond donors (Lipinski definition) is 2. The summed E-state index contributed by atoms with van der Waals surface area (Å²) in [6.07, 6.45) is 0.800. The molecule has 192 valence electrons. The number of imidazole rings is 1. The number of hydrogen-bond acceptors (Lipinski definition) is 7. The Balaban J connectivity index is 0.00000481. The molecule has 0 aliphatic rings. The van der Waals surface area contributed by atoms with Crippen molar-refractivity contribution in [3.63, 3.8) is 0 Å². The van der Waals surface area contributed by atoms with Crippen molar-refractivity contribution in [2.24, 2.45) is 0 Å². The fourth-order valence-corrected chi connectivity index (χ4v) is 4.45. The molecule has 11 heteroatoms. The van der Waals surface area contributed by atoms with Gasteiger partial charge in [0.15, 0.2) is 9.84 Å². The first-order valence-electron chi connectivity index (χ1n) is 11.3. The number of carbonyl (C=O) groups is 1. The molecule has 1 aromatic heterocycles. The van der Waals surface area contributed by atoms with Crippen molar-refractivity contribution < 1.29 is 62.5 Å². The Hall–Kier alpha value is -2.34. The number of nitrogens with zero attached hydrogens (tertiary/aromatic N) is 2. The summed E-state index contributed by atoms with van der Waals surface area (Å²) < 4.78 is 39.7. The second kappa shape index (κ2) is 12.9. The number of carboxylic acid groups (broad SMARTS) is 1. The molecule has 2 unspecified atom stereocenters. The molecule has 3 rings (SSSR count). The van der Waals surface area contributed by atoms with E-state index in [0.29, 0.717) is 28.3 Å². The Morgan fingerprint density at radius 3 is 2.35 bits per heavy atom. The average molecular weight is 539 g/mol. The Labute approximate surface area is 237 Å². The molecule has 0 bridgehead atoms. The molecule has 2 atom stereocenters. The van der Waals surface area contributed by atoms with Crippen molar-refractivity contribution in [1.82, 2.24) is 9.55 Å². The van der Waals surface area contributed by atoms with Gasteiger partial charge in [-0.15, -0.1) is 0 Å². The third-order valence-corrected chi connectivity index (χ3v) is 6.59. The van der Waals surface area contributed by atoms with Crippen LogP contribution in [0.5, 0.6) is 0 Å². The third kappa shape index (κ3) is 8.07. The topological polar surface area (TPSA) is 133 Å². The second-order valence-corrected chi connectivity index (χ2v) is 10.9. The van der Waals surface area contributed by atoms with Crippen LogP contribution in [0.2, 0.25) is 0 Å². The molecule has 0 aliphatic carbocycles. The number of aliphatic hydroxyl groups is 2. The maximum absolute atomic E-state index is 13.7. The minimum Gasteiger partial charge on any atom is -0.550 e. The van der Waals surface area contributed by atoms with Crippen molar-refractivity contribution in [3.05, 3.63) is 66.2 Å². The van der Waals surface area contributed by atoms with Crippen molar-refractivity contribution in [2.75, 3.05) is 6.26 Å². The summed E-state index contributed by atoms with van der Waals surface area (Å²) in [7, 11) is -3.48. The van der Waals surface area contributed by atoms with Crippen LogP contribution in [0, 0.1) is 5.82 Å². The summed E-state index contributed by atoms with van der Waals surface area (Å²) in [5, 5.41) is 30.9. The minimum absolute atomic E-state index is 0. The van der Waals surface area contributed by atoms with E-state index in [1.54, 1.807) is 35.0 Å². The van der Waals surface area contributed by atoms with Crippen LogP contribution in [0.15, 0.2) is 59.5 Å². The van der Waals surface area contributed by atoms with Crippen LogP contribution < -0.4 is 34.7 Å². The predicted molar refractivity (Wildman–Crippen MR) is 132 cm³/mol. The van der Waals surface area contributed by atoms with Gasteiger partial charge in [-0.3, -0.25) is 0 Å². The molecule has 8 nitrogen and oxygen atoms in total. The summed E-state index contributed by atoms with van der Waals surface area (Å²) in [5.74, 6) is -1.35. The maximum atomic E-state index is 13.7. The van der Waals surface area contributed by atoms with Gasteiger partial charge in [0.05, 0.1) is 28.5 Å². The summed E-state index contributed by atoms with van der Waals surface area (Å²) in [6, 6.07) is 12.1. The van der Waals surface area contributed by atoms with Gasteiger partial charge in [-0.05, 0) is 42.5 Å². The Bertz CT molecular complexity index is 1370. The van der Waals surface area contributed by atoms with Gasteiger partial charge in [0.25, 0.3) is 0 Å². The zero-order valence-corrected chi connectivity index (χ0v) is 23.9. The number of carboxylic acids is 1. The smallest absolute Gasteiger partial charge is 0.550 e. The fraction of sp³-hybridized carbons (Fsp3) is 0.308. The molecule has 3 aromatic rings. The Kier molecular flexibility index (Phi) is 10.8. The van der Waals surface area contributed by atoms with Crippen LogP contribution in [0.3, 0.4) is 0 Å².